The Bertz CT molecular complexity index is 955. The van der Waals surface area contributed by atoms with Crippen molar-refractivity contribution in [3.8, 4) is 11.5 Å². The third-order valence-corrected chi connectivity index (χ3v) is 5.00. The number of nitrogens with zero attached hydrogens (tertiary/aromatic N) is 1. The highest BCUT2D eigenvalue weighted by Crippen LogP contribution is 2.47. The van der Waals surface area contributed by atoms with Crippen molar-refractivity contribution in [3.05, 3.63) is 59.7 Å². The Morgan fingerprint density at radius 2 is 1.66 bits per heavy atom. The summed E-state index contributed by atoms with van der Waals surface area (Å²) in [4.78, 5) is 27.5. The van der Waals surface area contributed by atoms with Gasteiger partial charge in [0.1, 0.15) is 23.1 Å². The molecule has 1 fully saturated rings. The highest BCUT2D eigenvalue weighted by Gasteiger charge is 2.52. The molecule has 1 aliphatic rings. The van der Waals surface area contributed by atoms with Crippen molar-refractivity contribution in [1.29, 1.82) is 0 Å². The van der Waals surface area contributed by atoms with E-state index in [2.05, 4.69) is 0 Å². The third-order valence-electron chi connectivity index (χ3n) is 5.00. The number of hydrogen-bond donors (Lipinski definition) is 0. The predicted molar refractivity (Wildman–Crippen MR) is 116 cm³/mol. The molecule has 8 nitrogen and oxygen atoms in total. The van der Waals surface area contributed by atoms with Gasteiger partial charge in [-0.2, -0.15) is 0 Å². The largest absolute Gasteiger partial charge is 0.497 e. The maximum atomic E-state index is 13.4. The van der Waals surface area contributed by atoms with Crippen LogP contribution in [0, 0.1) is 0 Å². The van der Waals surface area contributed by atoms with Crippen molar-refractivity contribution in [3.63, 3.8) is 0 Å². The third kappa shape index (κ3) is 4.80. The summed E-state index contributed by atoms with van der Waals surface area (Å²) < 4.78 is 27.7. The molecule has 1 amide bonds. The van der Waals surface area contributed by atoms with Crippen LogP contribution in [0.3, 0.4) is 0 Å². The van der Waals surface area contributed by atoms with E-state index in [4.69, 9.17) is 23.7 Å². The molecule has 0 spiro atoms. The number of carbonyl (C=O) groups excluding carboxylic acids is 2. The second-order valence-corrected chi connectivity index (χ2v) is 8.28. The van der Waals surface area contributed by atoms with Crippen molar-refractivity contribution < 1.29 is 33.3 Å². The van der Waals surface area contributed by atoms with Crippen LogP contribution < -0.4 is 9.47 Å². The number of ether oxygens (including phenoxy) is 5. The van der Waals surface area contributed by atoms with Crippen LogP contribution >= 0.6 is 0 Å². The Morgan fingerprint density at radius 1 is 0.969 bits per heavy atom. The average molecular weight is 443 g/mol. The molecule has 1 unspecified atom stereocenters. The number of carbonyl (C=O) groups is 2. The van der Waals surface area contributed by atoms with Gasteiger partial charge in [-0.3, -0.25) is 4.90 Å². The first kappa shape index (κ1) is 23.4. The zero-order valence-corrected chi connectivity index (χ0v) is 19.2. The molecule has 2 aromatic rings. The predicted octanol–water partition coefficient (Wildman–Crippen LogP) is 4.25. The van der Waals surface area contributed by atoms with Crippen LogP contribution in [0.1, 0.15) is 44.2 Å². The normalized spacial score (nSPS) is 20.6. The van der Waals surface area contributed by atoms with Crippen LogP contribution in [0.4, 0.5) is 4.79 Å². The molecular formula is C24H29NO7. The highest BCUT2D eigenvalue weighted by molar-refractivity contribution is 5.79. The zero-order chi connectivity index (χ0) is 23.5. The van der Waals surface area contributed by atoms with Crippen LogP contribution in [-0.2, 0) is 19.0 Å². The van der Waals surface area contributed by atoms with Gasteiger partial charge in [-0.1, -0.05) is 30.3 Å². The first-order valence-corrected chi connectivity index (χ1v) is 10.2. The van der Waals surface area contributed by atoms with E-state index >= 15 is 0 Å². The molecule has 1 aliphatic heterocycles. The number of amides is 1. The minimum absolute atomic E-state index is 0.445. The van der Waals surface area contributed by atoms with E-state index in [1.54, 1.807) is 46.1 Å². The summed E-state index contributed by atoms with van der Waals surface area (Å²) in [5.41, 5.74) is 0.506. The first-order valence-electron chi connectivity index (χ1n) is 10.2. The number of rotatable bonds is 5. The Morgan fingerprint density at radius 3 is 2.22 bits per heavy atom. The summed E-state index contributed by atoms with van der Waals surface area (Å²) in [5, 5.41) is 0. The lowest BCUT2D eigenvalue weighted by Gasteiger charge is -2.32. The fraction of sp³-hybridized carbons (Fsp3) is 0.417. The van der Waals surface area contributed by atoms with Crippen LogP contribution in [0.2, 0.25) is 0 Å². The van der Waals surface area contributed by atoms with Gasteiger partial charge in [-0.25, -0.2) is 9.59 Å². The molecule has 0 aromatic heterocycles. The lowest BCUT2D eigenvalue weighted by molar-refractivity contribution is -0.154. The molecule has 8 heteroatoms. The molecule has 3 atom stereocenters. The van der Waals surface area contributed by atoms with Gasteiger partial charge >= 0.3 is 12.1 Å². The van der Waals surface area contributed by atoms with Crippen LogP contribution in [0.25, 0.3) is 0 Å². The van der Waals surface area contributed by atoms with Crippen molar-refractivity contribution >= 4 is 12.1 Å². The smallest absolute Gasteiger partial charge is 0.413 e. The van der Waals surface area contributed by atoms with Crippen molar-refractivity contribution in [2.24, 2.45) is 0 Å². The zero-order valence-electron chi connectivity index (χ0n) is 19.2. The molecule has 1 heterocycles. The standard InChI is InChI=1S/C24H29NO7/c1-24(2,3)32-23(27)25-19(15-10-8-7-9-11-15)20(22(26)30-6)31-21(25)17-13-12-16(28-4)14-18(17)29-5/h7-14,19-21H,1-6H3/t19-,20-,21?/m0/s1. The quantitative estimate of drug-likeness (QED) is 0.639. The number of esters is 1. The minimum Gasteiger partial charge on any atom is -0.497 e. The summed E-state index contributed by atoms with van der Waals surface area (Å²) in [6.45, 7) is 5.33. The fourth-order valence-electron chi connectivity index (χ4n) is 3.63. The topological polar surface area (TPSA) is 83.5 Å². The van der Waals surface area contributed by atoms with E-state index in [1.807, 2.05) is 30.3 Å². The van der Waals surface area contributed by atoms with Gasteiger partial charge in [0.15, 0.2) is 12.3 Å². The monoisotopic (exact) mass is 443 g/mol. The maximum Gasteiger partial charge on any atom is 0.413 e. The van der Waals surface area contributed by atoms with Crippen molar-refractivity contribution in [2.75, 3.05) is 21.3 Å². The molecule has 3 rings (SSSR count). The Hall–Kier alpha value is -3.26. The summed E-state index contributed by atoms with van der Waals surface area (Å²) in [6, 6.07) is 13.6. The van der Waals surface area contributed by atoms with Crippen LogP contribution in [0.15, 0.2) is 48.5 Å². The molecule has 2 aromatic carbocycles. The Labute approximate surface area is 188 Å². The molecule has 32 heavy (non-hydrogen) atoms. The minimum atomic E-state index is -1.06. The second-order valence-electron chi connectivity index (χ2n) is 8.28. The number of benzene rings is 2. The molecule has 172 valence electrons. The van der Waals surface area contributed by atoms with Gasteiger partial charge in [0.2, 0.25) is 0 Å². The summed E-state index contributed by atoms with van der Waals surface area (Å²) in [7, 11) is 4.34. The molecule has 0 bridgehead atoms. The average Bonchev–Trinajstić information content (AvgIpc) is 3.18. The number of hydrogen-bond acceptors (Lipinski definition) is 7. The second kappa shape index (κ2) is 9.48. The van der Waals surface area contributed by atoms with Gasteiger partial charge in [0, 0.05) is 11.6 Å². The van der Waals surface area contributed by atoms with Gasteiger partial charge in [-0.05, 0) is 38.5 Å². The van der Waals surface area contributed by atoms with Crippen LogP contribution in [-0.4, -0.2) is 50.0 Å². The first-order chi connectivity index (χ1) is 15.2. The van der Waals surface area contributed by atoms with Gasteiger partial charge in [0.25, 0.3) is 0 Å². The lowest BCUT2D eigenvalue weighted by Crippen LogP contribution is -2.40. The summed E-state index contributed by atoms with van der Waals surface area (Å²) in [6.07, 6.45) is -2.65. The van der Waals surface area contributed by atoms with E-state index < -0.39 is 36.0 Å². The molecule has 0 aliphatic carbocycles. The SMILES string of the molecule is COC(=O)[C@H]1OC(c2ccc(OC)cc2OC)N(C(=O)OC(C)(C)C)[C@H]1c1ccccc1. The summed E-state index contributed by atoms with van der Waals surface area (Å²) >= 11 is 0. The van der Waals surface area contributed by atoms with Gasteiger partial charge in [-0.15, -0.1) is 0 Å². The molecule has 0 radical (unpaired) electrons. The fourth-order valence-corrected chi connectivity index (χ4v) is 3.63. The molecule has 1 saturated heterocycles. The van der Waals surface area contributed by atoms with E-state index in [9.17, 15) is 9.59 Å². The summed E-state index contributed by atoms with van der Waals surface area (Å²) in [5.74, 6) is 0.430. The van der Waals surface area contributed by atoms with Gasteiger partial charge in [0.05, 0.1) is 21.3 Å². The number of methoxy groups -OCH3 is 3. The van der Waals surface area contributed by atoms with E-state index in [0.717, 1.165) is 0 Å². The maximum absolute atomic E-state index is 13.4. The van der Waals surface area contributed by atoms with E-state index in [0.29, 0.717) is 22.6 Å². The van der Waals surface area contributed by atoms with Crippen molar-refractivity contribution in [1.82, 2.24) is 4.90 Å². The molecule has 0 N–H and O–H groups in total. The Kier molecular flexibility index (Phi) is 6.93. The van der Waals surface area contributed by atoms with Crippen LogP contribution in [0.5, 0.6) is 11.5 Å². The van der Waals surface area contributed by atoms with E-state index in [1.165, 1.54) is 19.1 Å². The van der Waals surface area contributed by atoms with Gasteiger partial charge < -0.3 is 23.7 Å². The van der Waals surface area contributed by atoms with E-state index in [-0.39, 0.29) is 0 Å². The lowest BCUT2D eigenvalue weighted by atomic mass is 10.0. The highest BCUT2D eigenvalue weighted by atomic mass is 16.6. The molecule has 0 saturated carbocycles. The Balaban J connectivity index is 2.16. The molecular weight excluding hydrogens is 414 g/mol. The van der Waals surface area contributed by atoms with Crippen molar-refractivity contribution in [2.45, 2.75) is 44.7 Å².